The summed E-state index contributed by atoms with van der Waals surface area (Å²) >= 11 is 0. The molecule has 26 heavy (non-hydrogen) atoms. The lowest BCUT2D eigenvalue weighted by Gasteiger charge is -2.34. The quantitative estimate of drug-likeness (QED) is 0.777. The maximum Gasteiger partial charge on any atom is 0.409 e. The van der Waals surface area contributed by atoms with E-state index in [0.29, 0.717) is 32.8 Å². The summed E-state index contributed by atoms with van der Waals surface area (Å²) < 4.78 is 10.4. The molecule has 0 atom stereocenters. The van der Waals surface area contributed by atoms with E-state index < -0.39 is 0 Å². The minimum atomic E-state index is -0.252. The van der Waals surface area contributed by atoms with Crippen molar-refractivity contribution < 1.29 is 14.3 Å². The van der Waals surface area contributed by atoms with Crippen molar-refractivity contribution >= 4 is 33.8 Å². The van der Waals surface area contributed by atoms with Gasteiger partial charge in [-0.25, -0.2) is 14.8 Å². The Labute approximate surface area is 150 Å². The molecule has 8 heteroatoms. The van der Waals surface area contributed by atoms with Crippen LogP contribution in [0.25, 0.3) is 21.9 Å². The van der Waals surface area contributed by atoms with E-state index in [1.165, 1.54) is 0 Å². The van der Waals surface area contributed by atoms with Crippen molar-refractivity contribution in [1.82, 2.24) is 19.9 Å². The smallest absolute Gasteiger partial charge is 0.409 e. The number of nitrogens with one attached hydrogen (secondary N) is 1. The number of nitrogens with zero attached hydrogens (tertiary/aromatic N) is 4. The summed E-state index contributed by atoms with van der Waals surface area (Å²) in [5.41, 5.74) is 2.76. The van der Waals surface area contributed by atoms with Crippen LogP contribution in [-0.2, 0) is 4.74 Å². The Morgan fingerprint density at radius 2 is 2.04 bits per heavy atom. The van der Waals surface area contributed by atoms with Crippen LogP contribution >= 0.6 is 0 Å². The van der Waals surface area contributed by atoms with Gasteiger partial charge in [0.05, 0.1) is 19.2 Å². The topological polar surface area (TPSA) is 83.6 Å². The third-order valence-electron chi connectivity index (χ3n) is 4.67. The van der Waals surface area contributed by atoms with E-state index in [1.807, 2.05) is 25.1 Å². The molecule has 0 bridgehead atoms. The van der Waals surface area contributed by atoms with Crippen molar-refractivity contribution in [2.24, 2.45) is 0 Å². The number of methoxy groups -OCH3 is 1. The van der Waals surface area contributed by atoms with Crippen molar-refractivity contribution in [3.8, 4) is 5.75 Å². The maximum atomic E-state index is 11.9. The van der Waals surface area contributed by atoms with E-state index in [-0.39, 0.29) is 6.09 Å². The fourth-order valence-electron chi connectivity index (χ4n) is 3.35. The standard InChI is InChI=1S/C18H21N5O3/c1-3-26-18(24)23-8-6-22(7-9-23)17-16-15(19-11-20-17)13-5-4-12(25-2)10-14(13)21-16/h4-5,10-11,21H,3,6-9H2,1-2H3. The van der Waals surface area contributed by atoms with E-state index in [0.717, 1.165) is 33.5 Å². The maximum absolute atomic E-state index is 11.9. The average Bonchev–Trinajstić information content (AvgIpc) is 3.06. The van der Waals surface area contributed by atoms with Crippen LogP contribution in [-0.4, -0.2) is 65.8 Å². The number of carbonyl (C=O) groups excluding carboxylic acids is 1. The Morgan fingerprint density at radius 3 is 2.77 bits per heavy atom. The summed E-state index contributed by atoms with van der Waals surface area (Å²) in [5, 5.41) is 1.04. The van der Waals surface area contributed by atoms with E-state index in [9.17, 15) is 4.79 Å². The molecule has 0 unspecified atom stereocenters. The van der Waals surface area contributed by atoms with Gasteiger partial charge in [0.2, 0.25) is 0 Å². The number of H-pyrrole nitrogens is 1. The molecule has 1 fully saturated rings. The summed E-state index contributed by atoms with van der Waals surface area (Å²) in [7, 11) is 1.65. The van der Waals surface area contributed by atoms with Crippen LogP contribution in [0.5, 0.6) is 5.75 Å². The van der Waals surface area contributed by atoms with Gasteiger partial charge in [-0.05, 0) is 19.1 Å². The van der Waals surface area contributed by atoms with Crippen LogP contribution in [0.3, 0.4) is 0 Å². The Balaban J connectivity index is 1.64. The van der Waals surface area contributed by atoms with E-state index in [1.54, 1.807) is 18.3 Å². The Hall–Kier alpha value is -3.03. The number of carbonyl (C=O) groups is 1. The number of hydrogen-bond acceptors (Lipinski definition) is 6. The zero-order valence-corrected chi connectivity index (χ0v) is 14.9. The van der Waals surface area contributed by atoms with Crippen LogP contribution in [0.4, 0.5) is 10.6 Å². The number of piperazine rings is 1. The highest BCUT2D eigenvalue weighted by Crippen LogP contribution is 2.31. The summed E-state index contributed by atoms with van der Waals surface area (Å²) in [5.74, 6) is 1.65. The van der Waals surface area contributed by atoms with Gasteiger partial charge in [0, 0.05) is 37.6 Å². The van der Waals surface area contributed by atoms with Gasteiger partial charge in [0.1, 0.15) is 23.1 Å². The Morgan fingerprint density at radius 1 is 1.23 bits per heavy atom. The van der Waals surface area contributed by atoms with Crippen LogP contribution < -0.4 is 9.64 Å². The van der Waals surface area contributed by atoms with Crippen molar-refractivity contribution in [3.63, 3.8) is 0 Å². The highest BCUT2D eigenvalue weighted by molar-refractivity contribution is 6.08. The molecule has 2 aromatic heterocycles. The third kappa shape index (κ3) is 2.77. The molecular formula is C18H21N5O3. The van der Waals surface area contributed by atoms with Gasteiger partial charge in [-0.2, -0.15) is 0 Å². The van der Waals surface area contributed by atoms with Gasteiger partial charge < -0.3 is 24.3 Å². The fraction of sp³-hybridized carbons (Fsp3) is 0.389. The van der Waals surface area contributed by atoms with E-state index in [2.05, 4.69) is 19.9 Å². The predicted octanol–water partition coefficient (Wildman–Crippen LogP) is 2.40. The molecule has 1 amide bonds. The summed E-state index contributed by atoms with van der Waals surface area (Å²) in [4.78, 5) is 28.1. The van der Waals surface area contributed by atoms with Gasteiger partial charge in [0.15, 0.2) is 5.82 Å². The zero-order chi connectivity index (χ0) is 18.1. The molecule has 1 saturated heterocycles. The van der Waals surface area contributed by atoms with Crippen LogP contribution in [0.1, 0.15) is 6.92 Å². The first kappa shape index (κ1) is 16.4. The largest absolute Gasteiger partial charge is 0.497 e. The molecular weight excluding hydrogens is 334 g/mol. The lowest BCUT2D eigenvalue weighted by Crippen LogP contribution is -2.49. The van der Waals surface area contributed by atoms with Crippen molar-refractivity contribution in [2.45, 2.75) is 6.92 Å². The molecule has 3 heterocycles. The van der Waals surface area contributed by atoms with Crippen LogP contribution in [0.15, 0.2) is 24.5 Å². The second-order valence-corrected chi connectivity index (χ2v) is 6.13. The van der Waals surface area contributed by atoms with Gasteiger partial charge in [-0.3, -0.25) is 0 Å². The third-order valence-corrected chi connectivity index (χ3v) is 4.67. The highest BCUT2D eigenvalue weighted by atomic mass is 16.6. The molecule has 4 rings (SSSR count). The number of benzene rings is 1. The van der Waals surface area contributed by atoms with Gasteiger partial charge in [0.25, 0.3) is 0 Å². The van der Waals surface area contributed by atoms with Gasteiger partial charge in [-0.1, -0.05) is 0 Å². The number of aromatic nitrogens is 3. The number of ether oxygens (including phenoxy) is 2. The first-order chi connectivity index (χ1) is 12.7. The molecule has 0 saturated carbocycles. The minimum absolute atomic E-state index is 0.252. The van der Waals surface area contributed by atoms with Gasteiger partial charge >= 0.3 is 6.09 Å². The minimum Gasteiger partial charge on any atom is -0.497 e. The normalized spacial score (nSPS) is 14.8. The second kappa shape index (κ2) is 6.70. The van der Waals surface area contributed by atoms with E-state index in [4.69, 9.17) is 9.47 Å². The Kier molecular flexibility index (Phi) is 4.24. The number of fused-ring (bicyclic) bond motifs is 3. The Bertz CT molecular complexity index is 947. The van der Waals surface area contributed by atoms with Crippen LogP contribution in [0.2, 0.25) is 0 Å². The molecule has 1 aromatic carbocycles. The lowest BCUT2D eigenvalue weighted by molar-refractivity contribution is 0.105. The highest BCUT2D eigenvalue weighted by Gasteiger charge is 2.24. The molecule has 1 aliphatic rings. The summed E-state index contributed by atoms with van der Waals surface area (Å²) in [6.45, 7) is 4.82. The first-order valence-electron chi connectivity index (χ1n) is 8.68. The van der Waals surface area contributed by atoms with Crippen molar-refractivity contribution in [1.29, 1.82) is 0 Å². The molecule has 0 spiro atoms. The SMILES string of the molecule is CCOC(=O)N1CCN(c2ncnc3c2[nH]c2cc(OC)ccc23)CC1. The number of anilines is 1. The molecule has 1 aliphatic heterocycles. The van der Waals surface area contributed by atoms with Crippen LogP contribution in [0, 0.1) is 0 Å². The monoisotopic (exact) mass is 355 g/mol. The predicted molar refractivity (Wildman–Crippen MR) is 98.8 cm³/mol. The van der Waals surface area contributed by atoms with E-state index >= 15 is 0 Å². The van der Waals surface area contributed by atoms with Gasteiger partial charge in [-0.15, -0.1) is 0 Å². The molecule has 1 N–H and O–H groups in total. The lowest BCUT2D eigenvalue weighted by atomic mass is 10.2. The molecule has 136 valence electrons. The zero-order valence-electron chi connectivity index (χ0n) is 14.9. The average molecular weight is 355 g/mol. The molecule has 8 nitrogen and oxygen atoms in total. The molecule has 0 aliphatic carbocycles. The molecule has 0 radical (unpaired) electrons. The number of rotatable bonds is 3. The summed E-state index contributed by atoms with van der Waals surface area (Å²) in [6, 6.07) is 5.89. The first-order valence-corrected chi connectivity index (χ1v) is 8.68. The summed E-state index contributed by atoms with van der Waals surface area (Å²) in [6.07, 6.45) is 1.34. The fourth-order valence-corrected chi connectivity index (χ4v) is 3.35. The van der Waals surface area contributed by atoms with Crippen molar-refractivity contribution in [3.05, 3.63) is 24.5 Å². The number of aromatic amines is 1. The second-order valence-electron chi connectivity index (χ2n) is 6.13. The number of amides is 1. The van der Waals surface area contributed by atoms with Crippen molar-refractivity contribution in [2.75, 3.05) is 44.8 Å². The molecule has 3 aromatic rings. The number of hydrogen-bond donors (Lipinski definition) is 1.